The third kappa shape index (κ3) is 2.62. The molecule has 0 aromatic carbocycles. The van der Waals surface area contributed by atoms with Gasteiger partial charge < -0.3 is 5.32 Å². The lowest BCUT2D eigenvalue weighted by atomic mass is 9.87. The normalized spacial score (nSPS) is 23.6. The maximum Gasteiger partial charge on any atom is 0.0544 e. The molecular formula is C14H22N2. The molecule has 1 heterocycles. The number of rotatable bonds is 3. The van der Waals surface area contributed by atoms with E-state index in [9.17, 15) is 0 Å². The van der Waals surface area contributed by atoms with Gasteiger partial charge in [0.2, 0.25) is 0 Å². The Morgan fingerprint density at radius 2 is 2.25 bits per heavy atom. The van der Waals surface area contributed by atoms with Crippen molar-refractivity contribution in [1.82, 2.24) is 10.3 Å². The van der Waals surface area contributed by atoms with Gasteiger partial charge in [-0.15, -0.1) is 0 Å². The standard InChI is InChI=1S/C14H22N2/c1-11-6-4-7-12(16-11)10-15-13-8-5-9-14(13,2)3/h4,6-7,13,15H,5,8-10H2,1-3H3. The summed E-state index contributed by atoms with van der Waals surface area (Å²) in [5, 5.41) is 3.65. The fraction of sp³-hybridized carbons (Fsp3) is 0.643. The quantitative estimate of drug-likeness (QED) is 0.843. The Morgan fingerprint density at radius 3 is 2.88 bits per heavy atom. The molecule has 1 aromatic rings. The van der Waals surface area contributed by atoms with Gasteiger partial charge in [-0.1, -0.05) is 26.3 Å². The van der Waals surface area contributed by atoms with Crippen LogP contribution in [-0.2, 0) is 6.54 Å². The number of nitrogens with one attached hydrogen (secondary N) is 1. The summed E-state index contributed by atoms with van der Waals surface area (Å²) in [4.78, 5) is 4.52. The second-order valence-electron chi connectivity index (χ2n) is 5.58. The highest BCUT2D eigenvalue weighted by Crippen LogP contribution is 2.37. The van der Waals surface area contributed by atoms with E-state index in [0.29, 0.717) is 11.5 Å². The van der Waals surface area contributed by atoms with Crippen LogP contribution in [0.2, 0.25) is 0 Å². The Morgan fingerprint density at radius 1 is 1.44 bits per heavy atom. The third-order valence-electron chi connectivity index (χ3n) is 3.73. The van der Waals surface area contributed by atoms with Crippen molar-refractivity contribution in [3.63, 3.8) is 0 Å². The lowest BCUT2D eigenvalue weighted by Gasteiger charge is -2.27. The van der Waals surface area contributed by atoms with E-state index >= 15 is 0 Å². The summed E-state index contributed by atoms with van der Waals surface area (Å²) in [6.07, 6.45) is 4.00. The Kier molecular flexibility index (Phi) is 3.29. The van der Waals surface area contributed by atoms with Crippen molar-refractivity contribution in [2.75, 3.05) is 0 Å². The van der Waals surface area contributed by atoms with Crippen LogP contribution in [0.15, 0.2) is 18.2 Å². The van der Waals surface area contributed by atoms with Crippen LogP contribution in [0.4, 0.5) is 0 Å². The maximum absolute atomic E-state index is 4.52. The molecule has 1 atom stereocenters. The van der Waals surface area contributed by atoms with Crippen molar-refractivity contribution in [3.05, 3.63) is 29.6 Å². The summed E-state index contributed by atoms with van der Waals surface area (Å²) >= 11 is 0. The SMILES string of the molecule is Cc1cccc(CNC2CCCC2(C)C)n1. The van der Waals surface area contributed by atoms with Crippen LogP contribution in [0.3, 0.4) is 0 Å². The van der Waals surface area contributed by atoms with Crippen LogP contribution in [0.1, 0.15) is 44.5 Å². The number of nitrogens with zero attached hydrogens (tertiary/aromatic N) is 1. The van der Waals surface area contributed by atoms with Crippen LogP contribution in [0.25, 0.3) is 0 Å². The molecule has 1 N–H and O–H groups in total. The van der Waals surface area contributed by atoms with E-state index in [-0.39, 0.29) is 0 Å². The topological polar surface area (TPSA) is 24.9 Å². The van der Waals surface area contributed by atoms with Crippen molar-refractivity contribution >= 4 is 0 Å². The highest BCUT2D eigenvalue weighted by molar-refractivity contribution is 5.10. The van der Waals surface area contributed by atoms with Gasteiger partial charge in [0.15, 0.2) is 0 Å². The Labute approximate surface area is 98.5 Å². The van der Waals surface area contributed by atoms with Gasteiger partial charge in [0.1, 0.15) is 0 Å². The molecule has 2 rings (SSSR count). The molecular weight excluding hydrogens is 196 g/mol. The molecule has 0 radical (unpaired) electrons. The van der Waals surface area contributed by atoms with Crippen molar-refractivity contribution in [1.29, 1.82) is 0 Å². The second-order valence-corrected chi connectivity index (χ2v) is 5.58. The molecule has 0 saturated heterocycles. The minimum atomic E-state index is 0.448. The monoisotopic (exact) mass is 218 g/mol. The summed E-state index contributed by atoms with van der Waals surface area (Å²) in [6, 6.07) is 6.87. The highest BCUT2D eigenvalue weighted by atomic mass is 15.0. The van der Waals surface area contributed by atoms with Gasteiger partial charge in [-0.25, -0.2) is 0 Å². The van der Waals surface area contributed by atoms with Gasteiger partial charge in [-0.3, -0.25) is 4.98 Å². The van der Waals surface area contributed by atoms with E-state index in [1.807, 2.05) is 13.0 Å². The first-order chi connectivity index (χ1) is 7.58. The second kappa shape index (κ2) is 4.54. The lowest BCUT2D eigenvalue weighted by molar-refractivity contribution is 0.282. The van der Waals surface area contributed by atoms with E-state index in [4.69, 9.17) is 0 Å². The molecule has 0 bridgehead atoms. The van der Waals surface area contributed by atoms with Gasteiger partial charge >= 0.3 is 0 Å². The lowest BCUT2D eigenvalue weighted by Crippen LogP contribution is -2.37. The molecule has 1 aliphatic rings. The van der Waals surface area contributed by atoms with E-state index in [2.05, 4.69) is 36.3 Å². The zero-order valence-corrected chi connectivity index (χ0v) is 10.6. The van der Waals surface area contributed by atoms with Crippen molar-refractivity contribution < 1.29 is 0 Å². The van der Waals surface area contributed by atoms with Crippen LogP contribution in [0, 0.1) is 12.3 Å². The summed E-state index contributed by atoms with van der Waals surface area (Å²) in [7, 11) is 0. The number of aromatic nitrogens is 1. The molecule has 2 heteroatoms. The first kappa shape index (κ1) is 11.6. The highest BCUT2D eigenvalue weighted by Gasteiger charge is 2.33. The fourth-order valence-electron chi connectivity index (χ4n) is 2.63. The summed E-state index contributed by atoms with van der Waals surface area (Å²) in [5.74, 6) is 0. The predicted molar refractivity (Wildman–Crippen MR) is 67.2 cm³/mol. The van der Waals surface area contributed by atoms with Crippen LogP contribution >= 0.6 is 0 Å². The Hall–Kier alpha value is -0.890. The fourth-order valence-corrected chi connectivity index (χ4v) is 2.63. The largest absolute Gasteiger partial charge is 0.308 e. The van der Waals surface area contributed by atoms with E-state index in [1.54, 1.807) is 0 Å². The average Bonchev–Trinajstić information content (AvgIpc) is 2.55. The zero-order chi connectivity index (χ0) is 11.6. The van der Waals surface area contributed by atoms with Gasteiger partial charge in [0.25, 0.3) is 0 Å². The van der Waals surface area contributed by atoms with Gasteiger partial charge in [-0.2, -0.15) is 0 Å². The van der Waals surface area contributed by atoms with Gasteiger partial charge in [-0.05, 0) is 37.3 Å². The number of aryl methyl sites for hydroxylation is 1. The van der Waals surface area contributed by atoms with Crippen molar-refractivity contribution in [3.8, 4) is 0 Å². The van der Waals surface area contributed by atoms with E-state index in [0.717, 1.165) is 17.9 Å². The Balaban J connectivity index is 1.92. The summed E-state index contributed by atoms with van der Waals surface area (Å²) in [6.45, 7) is 7.67. The van der Waals surface area contributed by atoms with Crippen LogP contribution in [0.5, 0.6) is 0 Å². The predicted octanol–water partition coefficient (Wildman–Crippen LogP) is 3.06. The molecule has 0 spiro atoms. The number of hydrogen-bond acceptors (Lipinski definition) is 2. The molecule has 1 fully saturated rings. The smallest absolute Gasteiger partial charge is 0.0544 e. The van der Waals surface area contributed by atoms with E-state index in [1.165, 1.54) is 19.3 Å². The summed E-state index contributed by atoms with van der Waals surface area (Å²) < 4.78 is 0. The van der Waals surface area contributed by atoms with E-state index < -0.39 is 0 Å². The van der Waals surface area contributed by atoms with Gasteiger partial charge in [0.05, 0.1) is 5.69 Å². The third-order valence-corrected chi connectivity index (χ3v) is 3.73. The maximum atomic E-state index is 4.52. The zero-order valence-electron chi connectivity index (χ0n) is 10.6. The minimum Gasteiger partial charge on any atom is -0.308 e. The molecule has 1 unspecified atom stereocenters. The molecule has 1 saturated carbocycles. The minimum absolute atomic E-state index is 0.448. The Bertz CT molecular complexity index is 358. The molecule has 2 nitrogen and oxygen atoms in total. The summed E-state index contributed by atoms with van der Waals surface area (Å²) in [5.41, 5.74) is 2.71. The first-order valence-electron chi connectivity index (χ1n) is 6.24. The van der Waals surface area contributed by atoms with Crippen molar-refractivity contribution in [2.45, 2.75) is 52.6 Å². The van der Waals surface area contributed by atoms with Crippen molar-refractivity contribution in [2.24, 2.45) is 5.41 Å². The molecule has 1 aliphatic carbocycles. The molecule has 88 valence electrons. The molecule has 16 heavy (non-hydrogen) atoms. The molecule has 0 aliphatic heterocycles. The number of pyridine rings is 1. The number of hydrogen-bond donors (Lipinski definition) is 1. The average molecular weight is 218 g/mol. The molecule has 1 aromatic heterocycles. The molecule has 0 amide bonds. The van der Waals surface area contributed by atoms with Crippen LogP contribution < -0.4 is 5.32 Å². The van der Waals surface area contributed by atoms with Crippen LogP contribution in [-0.4, -0.2) is 11.0 Å². The van der Waals surface area contributed by atoms with Gasteiger partial charge in [0, 0.05) is 18.3 Å². The first-order valence-corrected chi connectivity index (χ1v) is 6.24.